The predicted molar refractivity (Wildman–Crippen MR) is 117 cm³/mol. The molecule has 2 heterocycles. The molecule has 2 fully saturated rings. The Morgan fingerprint density at radius 1 is 1.32 bits per heavy atom. The Morgan fingerprint density at radius 3 is 2.71 bits per heavy atom. The van der Waals surface area contributed by atoms with Crippen molar-refractivity contribution in [1.82, 2.24) is 19.7 Å². The number of amides is 1. The summed E-state index contributed by atoms with van der Waals surface area (Å²) in [6.45, 7) is 7.79. The van der Waals surface area contributed by atoms with Crippen molar-refractivity contribution in [3.05, 3.63) is 17.8 Å². The zero-order chi connectivity index (χ0) is 22.1. The average molecular weight is 433 g/mol. The van der Waals surface area contributed by atoms with Gasteiger partial charge in [0.1, 0.15) is 12.9 Å². The van der Waals surface area contributed by atoms with Crippen LogP contribution in [0.2, 0.25) is 0 Å². The molecule has 1 aromatic heterocycles. The van der Waals surface area contributed by atoms with Crippen LogP contribution in [0.4, 0.5) is 0 Å². The number of carbonyl (C=O) groups excluding carboxylic acids is 1. The van der Waals surface area contributed by atoms with E-state index in [4.69, 9.17) is 15.6 Å². The van der Waals surface area contributed by atoms with Crippen LogP contribution in [-0.4, -0.2) is 95.3 Å². The van der Waals surface area contributed by atoms with E-state index in [9.17, 15) is 9.90 Å². The molecule has 1 aliphatic carbocycles. The first-order chi connectivity index (χ1) is 15.1. The summed E-state index contributed by atoms with van der Waals surface area (Å²) in [6, 6.07) is 0.326. The van der Waals surface area contributed by atoms with Crippen molar-refractivity contribution < 1.29 is 19.1 Å². The van der Waals surface area contributed by atoms with E-state index < -0.39 is 6.10 Å². The van der Waals surface area contributed by atoms with E-state index in [2.05, 4.69) is 20.7 Å². The van der Waals surface area contributed by atoms with Crippen LogP contribution in [-0.2, 0) is 11.3 Å². The molecule has 8 heteroatoms. The van der Waals surface area contributed by atoms with E-state index in [1.54, 1.807) is 0 Å². The van der Waals surface area contributed by atoms with Crippen LogP contribution >= 0.6 is 0 Å². The van der Waals surface area contributed by atoms with Gasteiger partial charge >= 0.3 is 0 Å². The van der Waals surface area contributed by atoms with Crippen molar-refractivity contribution in [1.29, 1.82) is 0 Å². The van der Waals surface area contributed by atoms with Crippen LogP contribution in [0.3, 0.4) is 0 Å². The lowest BCUT2D eigenvalue weighted by atomic mass is 9.94. The maximum absolute atomic E-state index is 13.0. The molecule has 1 aliphatic heterocycles. The normalized spacial score (nSPS) is 19.8. The summed E-state index contributed by atoms with van der Waals surface area (Å²) >= 11 is 0. The molecule has 0 spiro atoms. The Hall–Kier alpha value is -1.92. The number of oxazole rings is 1. The van der Waals surface area contributed by atoms with E-state index in [-0.39, 0.29) is 19.1 Å². The highest BCUT2D eigenvalue weighted by atomic mass is 16.5. The zero-order valence-electron chi connectivity index (χ0n) is 18.7. The lowest BCUT2D eigenvalue weighted by Crippen LogP contribution is -2.48. The molecule has 0 radical (unpaired) electrons. The Balaban J connectivity index is 1.44. The summed E-state index contributed by atoms with van der Waals surface area (Å²) in [5, 5.41) is 10.0. The van der Waals surface area contributed by atoms with E-state index in [0.717, 1.165) is 39.0 Å². The minimum absolute atomic E-state index is 0.0183. The third kappa shape index (κ3) is 7.04. The number of nitrogens with zero attached hydrogens (tertiary/aromatic N) is 4. The summed E-state index contributed by atoms with van der Waals surface area (Å²) in [5.74, 6) is 2.96. The van der Waals surface area contributed by atoms with Gasteiger partial charge in [-0.3, -0.25) is 14.6 Å². The largest absolute Gasteiger partial charge is 0.447 e. The second kappa shape index (κ2) is 12.2. The number of hydrogen-bond donors (Lipinski definition) is 1. The van der Waals surface area contributed by atoms with Gasteiger partial charge in [0.05, 0.1) is 19.3 Å². The van der Waals surface area contributed by atoms with Crippen LogP contribution in [0.15, 0.2) is 10.7 Å². The van der Waals surface area contributed by atoms with Crippen LogP contribution < -0.4 is 0 Å². The highest BCUT2D eigenvalue weighted by molar-refractivity contribution is 5.92. The first-order valence-electron chi connectivity index (χ1n) is 11.5. The lowest BCUT2D eigenvalue weighted by molar-refractivity contribution is 0.0146. The monoisotopic (exact) mass is 432 g/mol. The van der Waals surface area contributed by atoms with Crippen LogP contribution in [0.5, 0.6) is 0 Å². The third-order valence-electron chi connectivity index (χ3n) is 6.18. The molecule has 0 bridgehead atoms. The number of hydrogen-bond acceptors (Lipinski definition) is 7. The number of carbonyl (C=O) groups is 1. The summed E-state index contributed by atoms with van der Waals surface area (Å²) < 4.78 is 10.8. The fourth-order valence-corrected chi connectivity index (χ4v) is 4.52. The van der Waals surface area contributed by atoms with Gasteiger partial charge in [-0.25, -0.2) is 4.98 Å². The van der Waals surface area contributed by atoms with Gasteiger partial charge in [-0.2, -0.15) is 0 Å². The molecule has 1 N–H and O–H groups in total. The average Bonchev–Trinajstić information content (AvgIpc) is 3.25. The lowest BCUT2D eigenvalue weighted by Gasteiger charge is -2.34. The summed E-state index contributed by atoms with van der Waals surface area (Å²) in [6.07, 6.45) is 11.9. The van der Waals surface area contributed by atoms with Gasteiger partial charge < -0.3 is 19.2 Å². The Bertz CT molecular complexity index is 717. The predicted octanol–water partition coefficient (Wildman–Crippen LogP) is 1.60. The van der Waals surface area contributed by atoms with Crippen molar-refractivity contribution in [2.45, 2.75) is 57.7 Å². The second-order valence-corrected chi connectivity index (χ2v) is 8.46. The first-order valence-corrected chi connectivity index (χ1v) is 11.5. The molecule has 1 amide bonds. The molecule has 1 saturated heterocycles. The van der Waals surface area contributed by atoms with Crippen molar-refractivity contribution in [2.75, 3.05) is 52.5 Å². The molecule has 31 heavy (non-hydrogen) atoms. The van der Waals surface area contributed by atoms with Crippen LogP contribution in [0, 0.1) is 12.3 Å². The van der Waals surface area contributed by atoms with Crippen LogP contribution in [0.25, 0.3) is 0 Å². The summed E-state index contributed by atoms with van der Waals surface area (Å²) in [5.41, 5.74) is 0.413. The highest BCUT2D eigenvalue weighted by Crippen LogP contribution is 2.24. The number of ether oxygens (including phenoxy) is 1. The van der Waals surface area contributed by atoms with Gasteiger partial charge in [-0.05, 0) is 19.8 Å². The number of aromatic nitrogens is 1. The molecule has 3 rings (SSSR count). The smallest absolute Gasteiger partial charge is 0.276 e. The topological polar surface area (TPSA) is 82.3 Å². The minimum Gasteiger partial charge on any atom is -0.447 e. The molecule has 1 unspecified atom stereocenters. The Labute approximate surface area is 185 Å². The number of rotatable bonds is 10. The number of aliphatic hydroxyl groups is 1. The van der Waals surface area contributed by atoms with Gasteiger partial charge in [0, 0.05) is 45.3 Å². The maximum Gasteiger partial charge on any atom is 0.276 e. The molecule has 1 saturated carbocycles. The molecule has 172 valence electrons. The molecule has 1 atom stereocenters. The number of piperazine rings is 1. The Kier molecular flexibility index (Phi) is 9.34. The van der Waals surface area contributed by atoms with Crippen molar-refractivity contribution in [2.24, 2.45) is 0 Å². The molecule has 8 nitrogen and oxygen atoms in total. The maximum atomic E-state index is 13.0. The fourth-order valence-electron chi connectivity index (χ4n) is 4.52. The quantitative estimate of drug-likeness (QED) is 0.444. The van der Waals surface area contributed by atoms with Crippen molar-refractivity contribution in [3.8, 4) is 12.3 Å². The van der Waals surface area contributed by atoms with E-state index >= 15 is 0 Å². The number of β-amino-alcohol motifs (C(OH)–C–C–N with tert-alkyl or cyclic N) is 1. The van der Waals surface area contributed by atoms with Gasteiger partial charge in [0.25, 0.3) is 5.91 Å². The number of aliphatic hydroxyl groups excluding tert-OH is 1. The Morgan fingerprint density at radius 2 is 2.03 bits per heavy atom. The SMILES string of the molecule is C#CCOCC(O)CN1CCN(Cc2nc(C(=O)N(CC)C3CCCCC3)co2)CC1. The summed E-state index contributed by atoms with van der Waals surface area (Å²) in [4.78, 5) is 23.9. The molecular formula is C23H36N4O4. The number of terminal acetylenes is 1. The van der Waals surface area contributed by atoms with Gasteiger partial charge in [0.2, 0.25) is 5.89 Å². The van der Waals surface area contributed by atoms with E-state index in [1.807, 2.05) is 11.8 Å². The standard InChI is InChI=1S/C23H36N4O4/c1-3-14-30-17-20(28)15-25-10-12-26(13-11-25)16-22-24-21(18-31-22)23(29)27(4-2)19-8-6-5-7-9-19/h1,18-20,28H,4-17H2,2H3. The fraction of sp³-hybridized carbons (Fsp3) is 0.739. The highest BCUT2D eigenvalue weighted by Gasteiger charge is 2.27. The molecule has 2 aliphatic rings. The zero-order valence-corrected chi connectivity index (χ0v) is 18.7. The van der Waals surface area contributed by atoms with E-state index in [1.165, 1.54) is 25.5 Å². The third-order valence-corrected chi connectivity index (χ3v) is 6.18. The van der Waals surface area contributed by atoms with E-state index in [0.29, 0.717) is 37.3 Å². The van der Waals surface area contributed by atoms with Crippen LogP contribution in [0.1, 0.15) is 55.4 Å². The molecule has 1 aromatic rings. The van der Waals surface area contributed by atoms with Crippen molar-refractivity contribution >= 4 is 5.91 Å². The minimum atomic E-state index is -0.536. The van der Waals surface area contributed by atoms with Gasteiger partial charge in [-0.15, -0.1) is 6.42 Å². The first kappa shape index (κ1) is 23.7. The summed E-state index contributed by atoms with van der Waals surface area (Å²) in [7, 11) is 0. The van der Waals surface area contributed by atoms with Gasteiger partial charge in [0.15, 0.2) is 5.69 Å². The second-order valence-electron chi connectivity index (χ2n) is 8.46. The van der Waals surface area contributed by atoms with Crippen molar-refractivity contribution in [3.63, 3.8) is 0 Å². The molecule has 0 aromatic carbocycles. The molecular weight excluding hydrogens is 396 g/mol. The van der Waals surface area contributed by atoms with Gasteiger partial charge in [-0.1, -0.05) is 25.2 Å².